The van der Waals surface area contributed by atoms with Crippen LogP contribution in [-0.2, 0) is 26.3 Å². The zero-order chi connectivity index (χ0) is 46.7. The first-order valence-corrected chi connectivity index (χ1v) is 23.3. The van der Waals surface area contributed by atoms with Crippen LogP contribution in [0, 0.1) is 28.9 Å². The molecule has 5 aliphatic heterocycles. The van der Waals surface area contributed by atoms with E-state index in [9.17, 15) is 37.2 Å². The van der Waals surface area contributed by atoms with Crippen LogP contribution in [0.15, 0.2) is 77.9 Å². The number of nitrogens with zero attached hydrogens (tertiary/aromatic N) is 8. The lowest BCUT2D eigenvalue weighted by Gasteiger charge is -2.45. The van der Waals surface area contributed by atoms with Crippen molar-refractivity contribution in [3.63, 3.8) is 0 Å². The standard InChI is InChI=1S/C46H43F3N10O7S/c47-29-11-12-57(25-29)67(64,65)53-39-8-6-36(48)43(35(39)20-50)66-33-5-7-38-34(19-33)45(62)59(26-51-38)31-3-1-30(2-4-31)55-15-13-54(14-16-55)21-27-22-56(23-27)32-17-28-24-58(46(63)42(28)37(49)18-32)40-9-10-41(60)52-44(40)61/h1-8,17-19,26-27,29,40,53H,9-16,21-25H2,(H,52,60,61)/t29-,40?/m1/s1. The van der Waals surface area contributed by atoms with Gasteiger partial charge in [0.2, 0.25) is 11.8 Å². The third-order valence-electron chi connectivity index (χ3n) is 13.1. The number of amides is 3. The number of piperazine rings is 1. The fourth-order valence-corrected chi connectivity index (χ4v) is 10.8. The number of ether oxygens (including phenoxy) is 1. The van der Waals surface area contributed by atoms with Crippen LogP contribution in [-0.4, -0.2) is 121 Å². The minimum Gasteiger partial charge on any atom is -0.453 e. The molecule has 346 valence electrons. The summed E-state index contributed by atoms with van der Waals surface area (Å²) in [4.78, 5) is 63.6. The predicted molar refractivity (Wildman–Crippen MR) is 239 cm³/mol. The summed E-state index contributed by atoms with van der Waals surface area (Å²) in [7, 11) is -4.25. The van der Waals surface area contributed by atoms with Crippen molar-refractivity contribution in [2.45, 2.75) is 38.0 Å². The van der Waals surface area contributed by atoms with Crippen molar-refractivity contribution in [3.8, 4) is 23.3 Å². The highest BCUT2D eigenvalue weighted by atomic mass is 32.2. The molecule has 2 N–H and O–H groups in total. The fraction of sp³-hybridized carbons (Fsp3) is 0.348. The van der Waals surface area contributed by atoms with E-state index < -0.39 is 62.7 Å². The molecule has 6 heterocycles. The van der Waals surface area contributed by atoms with Gasteiger partial charge in [0.15, 0.2) is 11.6 Å². The van der Waals surface area contributed by atoms with Crippen molar-refractivity contribution < 1.29 is 40.7 Å². The number of carbonyl (C=O) groups excluding carboxylic acids is 3. The summed E-state index contributed by atoms with van der Waals surface area (Å²) < 4.78 is 80.4. The number of fused-ring (bicyclic) bond motifs is 2. The van der Waals surface area contributed by atoms with Crippen molar-refractivity contribution in [2.75, 3.05) is 73.4 Å². The van der Waals surface area contributed by atoms with Gasteiger partial charge in [0.25, 0.3) is 11.5 Å². The summed E-state index contributed by atoms with van der Waals surface area (Å²) in [6, 6.07) is 18.1. The number of anilines is 3. The Morgan fingerprint density at radius 1 is 0.851 bits per heavy atom. The Morgan fingerprint density at radius 3 is 2.33 bits per heavy atom. The summed E-state index contributed by atoms with van der Waals surface area (Å²) in [5.41, 5.74) is 1.98. The molecule has 4 saturated heterocycles. The van der Waals surface area contributed by atoms with E-state index in [0.717, 1.165) is 67.9 Å². The highest BCUT2D eigenvalue weighted by molar-refractivity contribution is 7.90. The zero-order valence-corrected chi connectivity index (χ0v) is 36.6. The third-order valence-corrected chi connectivity index (χ3v) is 14.6. The van der Waals surface area contributed by atoms with Crippen molar-refractivity contribution >= 4 is 55.9 Å². The Morgan fingerprint density at radius 2 is 1.61 bits per heavy atom. The second-order valence-corrected chi connectivity index (χ2v) is 19.1. The fourth-order valence-electron chi connectivity index (χ4n) is 9.53. The molecule has 1 unspecified atom stereocenters. The summed E-state index contributed by atoms with van der Waals surface area (Å²) in [6.45, 7) is 5.33. The third kappa shape index (κ3) is 8.40. The minimum absolute atomic E-state index is 0.00158. The van der Waals surface area contributed by atoms with Crippen LogP contribution >= 0.6 is 0 Å². The van der Waals surface area contributed by atoms with Crippen LogP contribution < -0.4 is 30.1 Å². The van der Waals surface area contributed by atoms with Gasteiger partial charge in [-0.05, 0) is 85.1 Å². The topological polar surface area (TPSA) is 194 Å². The normalized spacial score (nSPS) is 20.5. The van der Waals surface area contributed by atoms with Gasteiger partial charge in [-0.2, -0.15) is 18.0 Å². The molecule has 0 radical (unpaired) electrons. The van der Waals surface area contributed by atoms with Gasteiger partial charge in [0.05, 0.1) is 27.8 Å². The second-order valence-electron chi connectivity index (χ2n) is 17.4. The summed E-state index contributed by atoms with van der Waals surface area (Å²) in [5, 5.41) is 12.4. The van der Waals surface area contributed by atoms with Crippen molar-refractivity contribution in [1.82, 2.24) is 29.0 Å². The number of hydrogen-bond acceptors (Lipinski definition) is 12. The van der Waals surface area contributed by atoms with E-state index in [2.05, 4.69) is 29.7 Å². The molecule has 4 fully saturated rings. The number of alkyl halides is 1. The molecule has 0 spiro atoms. The average molecular weight is 937 g/mol. The lowest BCUT2D eigenvalue weighted by atomic mass is 9.97. The van der Waals surface area contributed by atoms with E-state index >= 15 is 8.78 Å². The number of imide groups is 1. The number of nitrogens with one attached hydrogen (secondary N) is 2. The predicted octanol–water partition coefficient (Wildman–Crippen LogP) is 4.05. The van der Waals surface area contributed by atoms with Crippen molar-refractivity contribution in [1.29, 1.82) is 5.26 Å². The zero-order valence-electron chi connectivity index (χ0n) is 35.8. The first kappa shape index (κ1) is 43.9. The molecule has 10 rings (SSSR count). The number of aromatic nitrogens is 2. The summed E-state index contributed by atoms with van der Waals surface area (Å²) in [5.74, 6) is -3.18. The first-order valence-electron chi connectivity index (χ1n) is 21.9. The number of piperidine rings is 1. The molecule has 1 aromatic heterocycles. The van der Waals surface area contributed by atoms with Crippen molar-refractivity contribution in [2.24, 2.45) is 5.92 Å². The van der Waals surface area contributed by atoms with Crippen LogP contribution in [0.25, 0.3) is 16.6 Å². The van der Waals surface area contributed by atoms with Gasteiger partial charge in [-0.15, -0.1) is 0 Å². The lowest BCUT2D eigenvalue weighted by molar-refractivity contribution is -0.136. The number of benzene rings is 4. The molecule has 3 amide bonds. The molecular weight excluding hydrogens is 894 g/mol. The molecule has 0 saturated carbocycles. The van der Waals surface area contributed by atoms with Crippen LogP contribution in [0.5, 0.6) is 11.5 Å². The van der Waals surface area contributed by atoms with Crippen LogP contribution in [0.4, 0.5) is 30.2 Å². The van der Waals surface area contributed by atoms with E-state index in [-0.39, 0.29) is 67.2 Å². The summed E-state index contributed by atoms with van der Waals surface area (Å²) in [6.07, 6.45) is 0.467. The largest absolute Gasteiger partial charge is 0.453 e. The first-order chi connectivity index (χ1) is 32.2. The van der Waals surface area contributed by atoms with E-state index in [1.165, 1.54) is 40.1 Å². The number of rotatable bonds is 11. The number of carbonyl (C=O) groups is 3. The molecule has 67 heavy (non-hydrogen) atoms. The molecular formula is C46H43F3N10O7S. The average Bonchev–Trinajstić information content (AvgIpc) is 3.89. The van der Waals surface area contributed by atoms with Gasteiger partial charge in [0.1, 0.15) is 41.7 Å². The van der Waals surface area contributed by atoms with E-state index in [1.54, 1.807) is 6.07 Å². The Kier molecular flexibility index (Phi) is 11.3. The lowest BCUT2D eigenvalue weighted by Crippen LogP contribution is -2.55. The monoisotopic (exact) mass is 936 g/mol. The number of halogens is 3. The van der Waals surface area contributed by atoms with Gasteiger partial charge >= 0.3 is 10.2 Å². The smallest absolute Gasteiger partial charge is 0.301 e. The van der Waals surface area contributed by atoms with Gasteiger partial charge in [-0.25, -0.2) is 18.2 Å². The molecule has 0 aliphatic carbocycles. The van der Waals surface area contributed by atoms with Crippen LogP contribution in [0.2, 0.25) is 0 Å². The van der Waals surface area contributed by atoms with Crippen LogP contribution in [0.3, 0.4) is 0 Å². The van der Waals surface area contributed by atoms with Gasteiger partial charge in [-0.1, -0.05) is 0 Å². The molecule has 17 nitrogen and oxygen atoms in total. The molecule has 5 aromatic rings. The Labute approximate surface area is 382 Å². The number of hydrogen-bond donors (Lipinski definition) is 2. The maximum Gasteiger partial charge on any atom is 0.301 e. The quantitative estimate of drug-likeness (QED) is 0.181. The van der Waals surface area contributed by atoms with E-state index in [0.29, 0.717) is 28.4 Å². The van der Waals surface area contributed by atoms with E-state index in [1.807, 2.05) is 30.3 Å². The maximum absolute atomic E-state index is 15.3. The van der Waals surface area contributed by atoms with Crippen LogP contribution in [0.1, 0.15) is 40.7 Å². The molecule has 21 heteroatoms. The Balaban J connectivity index is 0.746. The van der Waals surface area contributed by atoms with Crippen molar-refractivity contribution in [3.05, 3.63) is 112 Å². The minimum atomic E-state index is -4.25. The highest BCUT2D eigenvalue weighted by Crippen LogP contribution is 2.37. The summed E-state index contributed by atoms with van der Waals surface area (Å²) >= 11 is 0. The Bertz CT molecular complexity index is 3060. The van der Waals surface area contributed by atoms with E-state index in [4.69, 9.17) is 4.74 Å². The molecule has 5 aliphatic rings. The van der Waals surface area contributed by atoms with Gasteiger partial charge in [0, 0.05) is 89.2 Å². The Hall–Kier alpha value is -7.02. The molecule has 0 bridgehead atoms. The van der Waals surface area contributed by atoms with Gasteiger partial charge < -0.3 is 19.4 Å². The maximum atomic E-state index is 15.3. The highest BCUT2D eigenvalue weighted by Gasteiger charge is 2.41. The molecule has 2 atom stereocenters. The van der Waals surface area contributed by atoms with Gasteiger partial charge in [-0.3, -0.25) is 38.7 Å². The molecule has 4 aromatic carbocycles. The SMILES string of the molecule is N#Cc1c(NS(=O)(=O)N2CC[C@@H](F)C2)ccc(F)c1Oc1ccc2ncn(-c3ccc(N4CCN(CC5CN(c6cc(F)c7c(c6)CN(C6CCC(=O)NC6=O)C7=O)C5)CC4)cc3)c(=O)c2c1. The second kappa shape index (κ2) is 17.3. The number of nitriles is 1.